The van der Waals surface area contributed by atoms with Crippen molar-refractivity contribution in [2.24, 2.45) is 0 Å². The van der Waals surface area contributed by atoms with Crippen molar-refractivity contribution < 1.29 is 18.7 Å². The van der Waals surface area contributed by atoms with E-state index < -0.39 is 18.9 Å². The lowest BCUT2D eigenvalue weighted by molar-refractivity contribution is 0.0508. The second-order valence-corrected chi connectivity index (χ2v) is 4.13. The summed E-state index contributed by atoms with van der Waals surface area (Å²) < 4.78 is 24.8. The van der Waals surface area contributed by atoms with Crippen LogP contribution in [-0.4, -0.2) is 42.0 Å². The minimum Gasteiger partial charge on any atom is -0.395 e. The standard InChI is InChI=1S/C13H17F2NO2/c1-9-4-3-5-10(2)12(9)13(18)16(6-7-17)8-11(14)15/h3-5,11,17H,6-8H2,1-2H3. The maximum atomic E-state index is 12.4. The highest BCUT2D eigenvalue weighted by Gasteiger charge is 2.21. The van der Waals surface area contributed by atoms with Crippen LogP contribution in [-0.2, 0) is 0 Å². The molecule has 0 saturated heterocycles. The maximum absolute atomic E-state index is 12.4. The number of hydrogen-bond donors (Lipinski definition) is 1. The summed E-state index contributed by atoms with van der Waals surface area (Å²) in [6.45, 7) is 2.45. The summed E-state index contributed by atoms with van der Waals surface area (Å²) in [6, 6.07) is 5.34. The molecule has 0 saturated carbocycles. The first-order valence-corrected chi connectivity index (χ1v) is 5.72. The van der Waals surface area contributed by atoms with Gasteiger partial charge in [0.25, 0.3) is 12.3 Å². The Balaban J connectivity index is 3.01. The van der Waals surface area contributed by atoms with Gasteiger partial charge in [-0.05, 0) is 25.0 Å². The fourth-order valence-corrected chi connectivity index (χ4v) is 1.87. The first-order valence-electron chi connectivity index (χ1n) is 5.72. The summed E-state index contributed by atoms with van der Waals surface area (Å²) in [5.74, 6) is -0.458. The van der Waals surface area contributed by atoms with Crippen LogP contribution in [0.1, 0.15) is 21.5 Å². The van der Waals surface area contributed by atoms with Crippen molar-refractivity contribution in [2.75, 3.05) is 19.7 Å². The van der Waals surface area contributed by atoms with E-state index in [1.54, 1.807) is 26.0 Å². The average molecular weight is 257 g/mol. The van der Waals surface area contributed by atoms with E-state index in [2.05, 4.69) is 0 Å². The number of aliphatic hydroxyl groups excluding tert-OH is 1. The second kappa shape index (κ2) is 6.44. The van der Waals surface area contributed by atoms with Gasteiger partial charge in [-0.3, -0.25) is 4.79 Å². The third-order valence-corrected chi connectivity index (χ3v) is 2.71. The molecule has 0 atom stereocenters. The minimum atomic E-state index is -2.61. The fraction of sp³-hybridized carbons (Fsp3) is 0.462. The molecule has 1 aromatic carbocycles. The van der Waals surface area contributed by atoms with Gasteiger partial charge in [0.15, 0.2) is 0 Å². The van der Waals surface area contributed by atoms with Gasteiger partial charge in [-0.15, -0.1) is 0 Å². The van der Waals surface area contributed by atoms with E-state index >= 15 is 0 Å². The second-order valence-electron chi connectivity index (χ2n) is 4.13. The van der Waals surface area contributed by atoms with E-state index in [-0.39, 0.29) is 13.2 Å². The van der Waals surface area contributed by atoms with Crippen molar-refractivity contribution in [2.45, 2.75) is 20.3 Å². The monoisotopic (exact) mass is 257 g/mol. The smallest absolute Gasteiger partial charge is 0.255 e. The Morgan fingerprint density at radius 2 is 1.89 bits per heavy atom. The van der Waals surface area contributed by atoms with E-state index in [1.807, 2.05) is 6.07 Å². The van der Waals surface area contributed by atoms with Gasteiger partial charge in [-0.1, -0.05) is 18.2 Å². The average Bonchev–Trinajstić information content (AvgIpc) is 2.27. The summed E-state index contributed by atoms with van der Waals surface area (Å²) in [4.78, 5) is 13.2. The van der Waals surface area contributed by atoms with Crippen LogP contribution < -0.4 is 0 Å². The first kappa shape index (κ1) is 14.6. The molecule has 0 unspecified atom stereocenters. The number of alkyl halides is 2. The van der Waals surface area contributed by atoms with Crippen molar-refractivity contribution in [3.63, 3.8) is 0 Å². The summed E-state index contributed by atoms with van der Waals surface area (Å²) in [6.07, 6.45) is -2.61. The number of carbonyl (C=O) groups excluding carboxylic acids is 1. The Labute approximate surface area is 105 Å². The number of hydrogen-bond acceptors (Lipinski definition) is 2. The van der Waals surface area contributed by atoms with E-state index in [0.29, 0.717) is 5.56 Å². The Kier molecular flexibility index (Phi) is 5.22. The van der Waals surface area contributed by atoms with Crippen LogP contribution in [0.3, 0.4) is 0 Å². The molecule has 1 N–H and O–H groups in total. The number of amides is 1. The molecule has 5 heteroatoms. The number of aliphatic hydroxyl groups is 1. The molecule has 0 radical (unpaired) electrons. The van der Waals surface area contributed by atoms with Crippen LogP contribution >= 0.6 is 0 Å². The predicted octanol–water partition coefficient (Wildman–Crippen LogP) is 2.00. The lowest BCUT2D eigenvalue weighted by Crippen LogP contribution is -2.37. The SMILES string of the molecule is Cc1cccc(C)c1C(=O)N(CCO)CC(F)F. The van der Waals surface area contributed by atoms with E-state index in [0.717, 1.165) is 16.0 Å². The van der Waals surface area contributed by atoms with Crippen LogP contribution in [0.2, 0.25) is 0 Å². The Hall–Kier alpha value is -1.49. The van der Waals surface area contributed by atoms with Crippen molar-refractivity contribution in [3.05, 3.63) is 34.9 Å². The molecular weight excluding hydrogens is 240 g/mol. The minimum absolute atomic E-state index is 0.0864. The van der Waals surface area contributed by atoms with Crippen molar-refractivity contribution in [1.82, 2.24) is 4.90 Å². The van der Waals surface area contributed by atoms with Gasteiger partial charge < -0.3 is 10.0 Å². The molecule has 1 rings (SSSR count). The normalized spacial score (nSPS) is 10.8. The molecule has 3 nitrogen and oxygen atoms in total. The maximum Gasteiger partial charge on any atom is 0.255 e. The van der Waals surface area contributed by atoms with Crippen molar-refractivity contribution in [1.29, 1.82) is 0 Å². The highest BCUT2D eigenvalue weighted by atomic mass is 19.3. The number of aryl methyl sites for hydroxylation is 2. The third-order valence-electron chi connectivity index (χ3n) is 2.71. The number of rotatable bonds is 5. The van der Waals surface area contributed by atoms with Crippen LogP contribution in [0, 0.1) is 13.8 Å². The third kappa shape index (κ3) is 3.50. The van der Waals surface area contributed by atoms with E-state index in [9.17, 15) is 13.6 Å². The zero-order valence-electron chi connectivity index (χ0n) is 10.5. The predicted molar refractivity (Wildman–Crippen MR) is 64.9 cm³/mol. The van der Waals surface area contributed by atoms with Gasteiger partial charge in [0, 0.05) is 12.1 Å². The molecular formula is C13H17F2NO2. The first-order chi connectivity index (χ1) is 8.47. The summed E-state index contributed by atoms with van der Waals surface area (Å²) >= 11 is 0. The molecule has 0 aliphatic carbocycles. The summed E-state index contributed by atoms with van der Waals surface area (Å²) in [7, 11) is 0. The number of carbonyl (C=O) groups is 1. The molecule has 0 aromatic heterocycles. The molecule has 0 spiro atoms. The molecule has 0 bridgehead atoms. The zero-order chi connectivity index (χ0) is 13.7. The Morgan fingerprint density at radius 3 is 2.33 bits per heavy atom. The molecule has 1 amide bonds. The lowest BCUT2D eigenvalue weighted by Gasteiger charge is -2.23. The molecule has 0 heterocycles. The molecule has 0 aliphatic heterocycles. The van der Waals surface area contributed by atoms with Gasteiger partial charge in [0.05, 0.1) is 13.2 Å². The molecule has 100 valence electrons. The quantitative estimate of drug-likeness (QED) is 0.876. The number of nitrogens with zero attached hydrogens (tertiary/aromatic N) is 1. The molecule has 18 heavy (non-hydrogen) atoms. The van der Waals surface area contributed by atoms with Crippen molar-refractivity contribution >= 4 is 5.91 Å². The molecule has 0 fully saturated rings. The summed E-state index contributed by atoms with van der Waals surface area (Å²) in [5, 5.41) is 8.85. The number of halogens is 2. The van der Waals surface area contributed by atoms with Crippen LogP contribution in [0.5, 0.6) is 0 Å². The van der Waals surface area contributed by atoms with Crippen LogP contribution in [0.15, 0.2) is 18.2 Å². The van der Waals surface area contributed by atoms with Crippen LogP contribution in [0.25, 0.3) is 0 Å². The Morgan fingerprint density at radius 1 is 1.33 bits per heavy atom. The van der Waals surface area contributed by atoms with Gasteiger partial charge in [-0.2, -0.15) is 0 Å². The molecule has 0 aliphatic rings. The zero-order valence-corrected chi connectivity index (χ0v) is 10.5. The van der Waals surface area contributed by atoms with Gasteiger partial charge in [-0.25, -0.2) is 8.78 Å². The van der Waals surface area contributed by atoms with Gasteiger partial charge >= 0.3 is 0 Å². The topological polar surface area (TPSA) is 40.5 Å². The Bertz CT molecular complexity index is 401. The van der Waals surface area contributed by atoms with E-state index in [1.165, 1.54) is 0 Å². The highest BCUT2D eigenvalue weighted by Crippen LogP contribution is 2.16. The van der Waals surface area contributed by atoms with Gasteiger partial charge in [0.1, 0.15) is 0 Å². The van der Waals surface area contributed by atoms with Crippen LogP contribution in [0.4, 0.5) is 8.78 Å². The van der Waals surface area contributed by atoms with E-state index in [4.69, 9.17) is 5.11 Å². The highest BCUT2D eigenvalue weighted by molar-refractivity contribution is 5.97. The van der Waals surface area contributed by atoms with Gasteiger partial charge in [0.2, 0.25) is 0 Å². The lowest BCUT2D eigenvalue weighted by atomic mass is 10.0. The largest absolute Gasteiger partial charge is 0.395 e. The fourth-order valence-electron chi connectivity index (χ4n) is 1.87. The molecule has 1 aromatic rings. The number of benzene rings is 1. The van der Waals surface area contributed by atoms with Crippen molar-refractivity contribution in [3.8, 4) is 0 Å². The summed E-state index contributed by atoms with van der Waals surface area (Å²) in [5.41, 5.74) is 1.93.